The van der Waals surface area contributed by atoms with Crippen LogP contribution in [0.4, 0.5) is 0 Å². The Morgan fingerprint density at radius 3 is 2.47 bits per heavy atom. The van der Waals surface area contributed by atoms with Gasteiger partial charge in [0.05, 0.1) is 12.7 Å². The van der Waals surface area contributed by atoms with E-state index in [1.165, 1.54) is 32.4 Å². The fourth-order valence-electron chi connectivity index (χ4n) is 3.04. The van der Waals surface area contributed by atoms with Crippen LogP contribution < -0.4 is 0 Å². The number of piperidine rings is 1. The van der Waals surface area contributed by atoms with Gasteiger partial charge >= 0.3 is 0 Å². The van der Waals surface area contributed by atoms with Crippen molar-refractivity contribution in [2.45, 2.75) is 39.2 Å². The minimum absolute atomic E-state index is 0.446. The predicted molar refractivity (Wildman–Crippen MR) is 71.3 cm³/mol. The normalized spacial score (nSPS) is 29.6. The summed E-state index contributed by atoms with van der Waals surface area (Å²) in [6, 6.07) is 0. The second kappa shape index (κ2) is 6.72. The van der Waals surface area contributed by atoms with Gasteiger partial charge in [-0.2, -0.15) is 0 Å². The summed E-state index contributed by atoms with van der Waals surface area (Å²) in [6.45, 7) is 12.6. The number of likely N-dealkylation sites (tertiary alicyclic amines) is 1. The molecule has 2 fully saturated rings. The van der Waals surface area contributed by atoms with Gasteiger partial charge < -0.3 is 9.64 Å². The van der Waals surface area contributed by atoms with Crippen molar-refractivity contribution in [1.82, 2.24) is 9.80 Å². The van der Waals surface area contributed by atoms with Crippen molar-refractivity contribution in [3.63, 3.8) is 0 Å². The first-order valence-electron chi connectivity index (χ1n) is 7.38. The predicted octanol–water partition coefficient (Wildman–Crippen LogP) is 1.83. The van der Waals surface area contributed by atoms with Crippen molar-refractivity contribution in [2.75, 3.05) is 45.9 Å². The number of ether oxygens (including phenoxy) is 1. The van der Waals surface area contributed by atoms with Gasteiger partial charge in [0.25, 0.3) is 0 Å². The lowest BCUT2D eigenvalue weighted by Crippen LogP contribution is -2.48. The van der Waals surface area contributed by atoms with Crippen molar-refractivity contribution in [3.8, 4) is 0 Å². The summed E-state index contributed by atoms with van der Waals surface area (Å²) in [6.07, 6.45) is 4.58. The van der Waals surface area contributed by atoms with E-state index >= 15 is 0 Å². The first-order chi connectivity index (χ1) is 8.31. The van der Waals surface area contributed by atoms with E-state index in [1.54, 1.807) is 0 Å². The van der Waals surface area contributed by atoms with Crippen LogP contribution in [0.1, 0.15) is 33.1 Å². The second-order valence-electron chi connectivity index (χ2n) is 5.54. The average molecular weight is 240 g/mol. The van der Waals surface area contributed by atoms with Crippen LogP contribution in [0.15, 0.2) is 0 Å². The molecule has 3 nitrogen and oxygen atoms in total. The Bertz CT molecular complexity index is 214. The van der Waals surface area contributed by atoms with Gasteiger partial charge in [-0.25, -0.2) is 0 Å². The maximum atomic E-state index is 5.88. The minimum Gasteiger partial charge on any atom is -0.374 e. The fraction of sp³-hybridized carbons (Fsp3) is 1.00. The van der Waals surface area contributed by atoms with Crippen LogP contribution in [0.25, 0.3) is 0 Å². The summed E-state index contributed by atoms with van der Waals surface area (Å²) >= 11 is 0. The minimum atomic E-state index is 0.446. The number of nitrogens with zero attached hydrogens (tertiary/aromatic N) is 2. The number of morpholine rings is 1. The van der Waals surface area contributed by atoms with Gasteiger partial charge in [0.15, 0.2) is 0 Å². The molecule has 2 aliphatic heterocycles. The van der Waals surface area contributed by atoms with E-state index in [4.69, 9.17) is 4.74 Å². The van der Waals surface area contributed by atoms with Gasteiger partial charge in [0.1, 0.15) is 0 Å². The van der Waals surface area contributed by atoms with Crippen LogP contribution >= 0.6 is 0 Å². The highest BCUT2D eigenvalue weighted by Gasteiger charge is 2.24. The molecule has 2 aliphatic rings. The van der Waals surface area contributed by atoms with Gasteiger partial charge in [-0.15, -0.1) is 0 Å². The average Bonchev–Trinajstić information content (AvgIpc) is 2.40. The molecule has 2 saturated heterocycles. The number of likely N-dealkylation sites (N-methyl/N-ethyl adjacent to an activating group) is 1. The van der Waals surface area contributed by atoms with E-state index < -0.39 is 0 Å². The molecule has 0 aliphatic carbocycles. The Morgan fingerprint density at radius 1 is 1.06 bits per heavy atom. The first-order valence-corrected chi connectivity index (χ1v) is 7.38. The molecule has 0 N–H and O–H groups in total. The molecule has 0 amide bonds. The molecule has 0 bridgehead atoms. The molecule has 0 saturated carbocycles. The van der Waals surface area contributed by atoms with Crippen LogP contribution in [-0.2, 0) is 4.74 Å². The lowest BCUT2D eigenvalue weighted by molar-refractivity contribution is -0.0453. The molecule has 3 heteroatoms. The summed E-state index contributed by atoms with van der Waals surface area (Å²) < 4.78 is 5.88. The molecule has 0 aromatic carbocycles. The second-order valence-corrected chi connectivity index (χ2v) is 5.54. The van der Waals surface area contributed by atoms with E-state index in [0.29, 0.717) is 6.10 Å². The van der Waals surface area contributed by atoms with Crippen LogP contribution in [0.2, 0.25) is 0 Å². The third kappa shape index (κ3) is 3.94. The molecule has 100 valence electrons. The van der Waals surface area contributed by atoms with Crippen LogP contribution in [-0.4, -0.2) is 61.8 Å². The summed E-state index contributed by atoms with van der Waals surface area (Å²) in [5.74, 6) is 0.977. The van der Waals surface area contributed by atoms with Crippen LogP contribution in [0, 0.1) is 5.92 Å². The Balaban J connectivity index is 1.70. The largest absolute Gasteiger partial charge is 0.374 e. The smallest absolute Gasteiger partial charge is 0.0829 e. The van der Waals surface area contributed by atoms with Gasteiger partial charge in [-0.3, -0.25) is 4.90 Å². The number of rotatable bonds is 4. The van der Waals surface area contributed by atoms with E-state index in [-0.39, 0.29) is 0 Å². The fourth-order valence-corrected chi connectivity index (χ4v) is 3.04. The monoisotopic (exact) mass is 240 g/mol. The highest BCUT2D eigenvalue weighted by Crippen LogP contribution is 2.20. The lowest BCUT2D eigenvalue weighted by atomic mass is 9.94. The number of hydrogen-bond donors (Lipinski definition) is 0. The van der Waals surface area contributed by atoms with E-state index in [0.717, 1.165) is 38.7 Å². The molecule has 0 aromatic heterocycles. The van der Waals surface area contributed by atoms with Gasteiger partial charge in [-0.05, 0) is 38.4 Å². The maximum Gasteiger partial charge on any atom is 0.0829 e. The zero-order chi connectivity index (χ0) is 12.1. The number of hydrogen-bond acceptors (Lipinski definition) is 3. The van der Waals surface area contributed by atoms with Gasteiger partial charge in [0, 0.05) is 19.6 Å². The Hall–Kier alpha value is -0.120. The molecule has 0 radical (unpaired) electrons. The molecule has 0 unspecified atom stereocenters. The Labute approximate surface area is 106 Å². The molecule has 0 aromatic rings. The SMILES string of the molecule is CCC1CCN(C[C@@H]2CN(CC)CCO2)CC1. The molecule has 0 spiro atoms. The zero-order valence-electron chi connectivity index (χ0n) is 11.5. The lowest BCUT2D eigenvalue weighted by Gasteiger charge is -2.37. The molecule has 2 rings (SSSR count). The topological polar surface area (TPSA) is 15.7 Å². The summed E-state index contributed by atoms with van der Waals surface area (Å²) in [5, 5.41) is 0. The van der Waals surface area contributed by atoms with Crippen molar-refractivity contribution >= 4 is 0 Å². The van der Waals surface area contributed by atoms with Crippen molar-refractivity contribution in [3.05, 3.63) is 0 Å². The highest BCUT2D eigenvalue weighted by atomic mass is 16.5. The van der Waals surface area contributed by atoms with E-state index in [9.17, 15) is 0 Å². The summed E-state index contributed by atoms with van der Waals surface area (Å²) in [5.41, 5.74) is 0. The molecular formula is C14H28N2O. The van der Waals surface area contributed by atoms with Gasteiger partial charge in [0.2, 0.25) is 0 Å². The Kier molecular flexibility index (Phi) is 5.26. The summed E-state index contributed by atoms with van der Waals surface area (Å²) in [7, 11) is 0. The molecule has 1 atom stereocenters. The standard InChI is InChI=1S/C14H28N2O/c1-3-13-5-7-16(8-6-13)12-14-11-15(4-2)9-10-17-14/h13-14H,3-12H2,1-2H3/t14-/m0/s1. The van der Waals surface area contributed by atoms with Crippen molar-refractivity contribution in [1.29, 1.82) is 0 Å². The van der Waals surface area contributed by atoms with Crippen molar-refractivity contribution < 1.29 is 4.74 Å². The third-order valence-corrected chi connectivity index (χ3v) is 4.42. The summed E-state index contributed by atoms with van der Waals surface area (Å²) in [4.78, 5) is 5.11. The van der Waals surface area contributed by atoms with Crippen molar-refractivity contribution in [2.24, 2.45) is 5.92 Å². The van der Waals surface area contributed by atoms with E-state index in [1.807, 2.05) is 0 Å². The van der Waals surface area contributed by atoms with Gasteiger partial charge in [-0.1, -0.05) is 20.3 Å². The maximum absolute atomic E-state index is 5.88. The quantitative estimate of drug-likeness (QED) is 0.745. The zero-order valence-corrected chi connectivity index (χ0v) is 11.5. The highest BCUT2D eigenvalue weighted by molar-refractivity contribution is 4.78. The molecular weight excluding hydrogens is 212 g/mol. The van der Waals surface area contributed by atoms with Crippen LogP contribution in [0.3, 0.4) is 0 Å². The Morgan fingerprint density at radius 2 is 1.82 bits per heavy atom. The van der Waals surface area contributed by atoms with E-state index in [2.05, 4.69) is 23.6 Å². The first kappa shape index (κ1) is 13.3. The molecule has 17 heavy (non-hydrogen) atoms. The van der Waals surface area contributed by atoms with Crippen LogP contribution in [0.5, 0.6) is 0 Å². The third-order valence-electron chi connectivity index (χ3n) is 4.42. The molecule has 2 heterocycles.